The van der Waals surface area contributed by atoms with Crippen molar-refractivity contribution in [2.75, 3.05) is 11.9 Å². The van der Waals surface area contributed by atoms with Gasteiger partial charge in [-0.2, -0.15) is 4.98 Å². The Bertz CT molecular complexity index is 1060. The normalized spacial score (nSPS) is 25.4. The largest absolute Gasteiger partial charge is 0.507 e. The molecule has 0 saturated carbocycles. The number of nitrogens with one attached hydrogen (secondary N) is 1. The molecule has 2 aliphatic heterocycles. The number of phenols is 1. The molecular formula is C21H23FN6O2. The quantitative estimate of drug-likeness (QED) is 0.677. The lowest BCUT2D eigenvalue weighted by Crippen LogP contribution is -2.55. The molecule has 0 aliphatic carbocycles. The molecule has 4 heterocycles. The summed E-state index contributed by atoms with van der Waals surface area (Å²) in [5.74, 6) is 1.52. The molecule has 5 rings (SSSR count). The number of aromatic nitrogens is 4. The van der Waals surface area contributed by atoms with Gasteiger partial charge in [-0.25, -0.2) is 9.37 Å². The molecule has 2 bridgehead atoms. The van der Waals surface area contributed by atoms with Crippen molar-refractivity contribution in [1.82, 2.24) is 25.4 Å². The predicted octanol–water partition coefficient (Wildman–Crippen LogP) is 2.87. The lowest BCUT2D eigenvalue weighted by atomic mass is 9.96. The molecule has 0 radical (unpaired) electrons. The summed E-state index contributed by atoms with van der Waals surface area (Å²) >= 11 is 0. The van der Waals surface area contributed by atoms with Crippen LogP contribution in [0, 0.1) is 6.92 Å². The summed E-state index contributed by atoms with van der Waals surface area (Å²) in [5.41, 5.74) is 1.69. The minimum atomic E-state index is -0.930. The number of hydrogen-bond acceptors (Lipinski definition) is 8. The van der Waals surface area contributed by atoms with E-state index in [1.165, 1.54) is 0 Å². The number of halogens is 1. The highest BCUT2D eigenvalue weighted by Crippen LogP contribution is 2.34. The molecule has 0 unspecified atom stereocenters. The first-order valence-electron chi connectivity index (χ1n) is 10.1. The van der Waals surface area contributed by atoms with Gasteiger partial charge in [0, 0.05) is 30.3 Å². The van der Waals surface area contributed by atoms with Crippen LogP contribution in [0.3, 0.4) is 0 Å². The zero-order chi connectivity index (χ0) is 20.8. The number of aromatic hydroxyl groups is 1. The fraction of sp³-hybridized carbons (Fsp3) is 0.429. The maximum atomic E-state index is 14.8. The Balaban J connectivity index is 1.36. The van der Waals surface area contributed by atoms with E-state index < -0.39 is 6.17 Å². The summed E-state index contributed by atoms with van der Waals surface area (Å²) in [4.78, 5) is 15.0. The van der Waals surface area contributed by atoms with Gasteiger partial charge in [0.2, 0.25) is 0 Å². The first-order chi connectivity index (χ1) is 14.5. The van der Waals surface area contributed by atoms with E-state index in [1.807, 2.05) is 11.9 Å². The van der Waals surface area contributed by atoms with Crippen LogP contribution in [0.15, 0.2) is 35.1 Å². The van der Waals surface area contributed by atoms with Crippen LogP contribution >= 0.6 is 0 Å². The van der Waals surface area contributed by atoms with Crippen molar-refractivity contribution in [2.45, 2.75) is 50.5 Å². The van der Waals surface area contributed by atoms with Gasteiger partial charge in [0.15, 0.2) is 5.82 Å². The fourth-order valence-corrected chi connectivity index (χ4v) is 4.46. The van der Waals surface area contributed by atoms with Crippen LogP contribution in [0.5, 0.6) is 5.75 Å². The van der Waals surface area contributed by atoms with Gasteiger partial charge in [0.05, 0.1) is 24.1 Å². The monoisotopic (exact) mass is 410 g/mol. The number of hydrogen-bond donors (Lipinski definition) is 2. The summed E-state index contributed by atoms with van der Waals surface area (Å²) in [6, 6.07) is 5.17. The highest BCUT2D eigenvalue weighted by atomic mass is 19.1. The number of phenolic OH excluding ortho intramolecular Hbond substituents is 1. The number of alkyl halides is 1. The van der Waals surface area contributed by atoms with Gasteiger partial charge in [0.25, 0.3) is 5.89 Å². The highest BCUT2D eigenvalue weighted by Gasteiger charge is 2.43. The molecule has 4 atom stereocenters. The van der Waals surface area contributed by atoms with Crippen LogP contribution in [0.1, 0.15) is 25.1 Å². The Hall–Kier alpha value is -3.07. The van der Waals surface area contributed by atoms with E-state index in [2.05, 4.69) is 25.4 Å². The summed E-state index contributed by atoms with van der Waals surface area (Å²) in [6.07, 6.45) is 4.97. The van der Waals surface area contributed by atoms with E-state index in [1.54, 1.807) is 37.5 Å². The second kappa shape index (κ2) is 7.32. The lowest BCUT2D eigenvalue weighted by Gasteiger charge is -2.38. The summed E-state index contributed by atoms with van der Waals surface area (Å²) in [5, 5.41) is 17.6. The van der Waals surface area contributed by atoms with Crippen molar-refractivity contribution in [2.24, 2.45) is 0 Å². The van der Waals surface area contributed by atoms with Gasteiger partial charge >= 0.3 is 0 Å². The van der Waals surface area contributed by atoms with E-state index >= 15 is 0 Å². The van der Waals surface area contributed by atoms with Crippen LogP contribution < -0.4 is 10.2 Å². The van der Waals surface area contributed by atoms with Crippen LogP contribution in [0.25, 0.3) is 22.7 Å². The van der Waals surface area contributed by atoms with E-state index in [4.69, 9.17) is 4.52 Å². The predicted molar refractivity (Wildman–Crippen MR) is 109 cm³/mol. The Morgan fingerprint density at radius 2 is 2.10 bits per heavy atom. The Morgan fingerprint density at radius 3 is 2.80 bits per heavy atom. The molecule has 2 N–H and O–H groups in total. The highest BCUT2D eigenvalue weighted by molar-refractivity contribution is 5.71. The first-order valence-corrected chi connectivity index (χ1v) is 10.1. The van der Waals surface area contributed by atoms with E-state index in [-0.39, 0.29) is 17.8 Å². The van der Waals surface area contributed by atoms with Crippen LogP contribution in [-0.2, 0) is 0 Å². The van der Waals surface area contributed by atoms with Gasteiger partial charge in [-0.1, -0.05) is 5.16 Å². The fourth-order valence-electron chi connectivity index (χ4n) is 4.46. The van der Waals surface area contributed by atoms with Crippen molar-refractivity contribution in [3.8, 4) is 28.5 Å². The molecule has 1 aromatic carbocycles. The molecule has 2 saturated heterocycles. The average Bonchev–Trinajstić information content (AvgIpc) is 3.37. The average molecular weight is 410 g/mol. The minimum Gasteiger partial charge on any atom is -0.507 e. The van der Waals surface area contributed by atoms with E-state index in [0.29, 0.717) is 40.4 Å². The van der Waals surface area contributed by atoms with Crippen LogP contribution in [0.2, 0.25) is 0 Å². The number of piperidine rings is 1. The molecule has 2 fully saturated rings. The third-order valence-electron chi connectivity index (χ3n) is 6.10. The number of rotatable bonds is 4. The third kappa shape index (κ3) is 3.28. The number of nitrogens with zero attached hydrogens (tertiary/aromatic N) is 5. The second-order valence-corrected chi connectivity index (χ2v) is 8.04. The molecule has 2 aromatic heterocycles. The number of aryl methyl sites for hydroxylation is 1. The van der Waals surface area contributed by atoms with Crippen LogP contribution in [-0.4, -0.2) is 56.6 Å². The molecule has 0 amide bonds. The maximum Gasteiger partial charge on any atom is 0.258 e. The van der Waals surface area contributed by atoms with Crippen molar-refractivity contribution in [1.29, 1.82) is 0 Å². The molecule has 9 heteroatoms. The number of benzene rings is 1. The van der Waals surface area contributed by atoms with Crippen molar-refractivity contribution >= 4 is 5.82 Å². The minimum absolute atomic E-state index is 0.0394. The first kappa shape index (κ1) is 18.9. The Morgan fingerprint density at radius 1 is 1.23 bits per heavy atom. The van der Waals surface area contributed by atoms with Crippen molar-refractivity contribution in [3.63, 3.8) is 0 Å². The molecule has 3 aromatic rings. The summed E-state index contributed by atoms with van der Waals surface area (Å²) in [6.45, 7) is 1.73. The third-order valence-corrected chi connectivity index (χ3v) is 6.10. The Labute approximate surface area is 173 Å². The van der Waals surface area contributed by atoms with Gasteiger partial charge in [-0.05, 0) is 44.4 Å². The van der Waals surface area contributed by atoms with Gasteiger partial charge in [-0.15, -0.1) is 0 Å². The van der Waals surface area contributed by atoms with Crippen molar-refractivity contribution in [3.05, 3.63) is 36.4 Å². The molecular weight excluding hydrogens is 387 g/mol. The van der Waals surface area contributed by atoms with E-state index in [0.717, 1.165) is 19.3 Å². The standard InChI is InChI=1S/C21H23FN6O2/c1-11-25-21(30-27-11)12-3-5-14(18(29)7-12)16-9-24-19(10-23-16)28(2)17-8-13-4-6-15(26-13)20(17)22/h3,5,7,9-10,13,15,17,20,26,29H,4,6,8H2,1-2H3/t13-,15+,17-,20+/m0/s1. The number of fused-ring (bicyclic) bond motifs is 2. The summed E-state index contributed by atoms with van der Waals surface area (Å²) in [7, 11) is 1.87. The molecule has 0 spiro atoms. The topological polar surface area (TPSA) is 100 Å². The molecule has 8 nitrogen and oxygen atoms in total. The SMILES string of the molecule is Cc1noc(-c2ccc(-c3cnc(N(C)[C@H]4C[C@@H]5CC[C@@H](N5)[C@H]4F)cn3)c(O)c2)n1. The molecule has 2 aliphatic rings. The lowest BCUT2D eigenvalue weighted by molar-refractivity contribution is 0.176. The zero-order valence-electron chi connectivity index (χ0n) is 16.8. The van der Waals surface area contributed by atoms with Gasteiger partial charge < -0.3 is 19.8 Å². The Kier molecular flexibility index (Phi) is 4.62. The van der Waals surface area contributed by atoms with E-state index in [9.17, 15) is 9.50 Å². The zero-order valence-corrected chi connectivity index (χ0v) is 16.8. The van der Waals surface area contributed by atoms with Gasteiger partial charge in [-0.3, -0.25) is 4.98 Å². The van der Waals surface area contributed by atoms with Crippen molar-refractivity contribution < 1.29 is 14.0 Å². The molecule has 156 valence electrons. The number of anilines is 1. The second-order valence-electron chi connectivity index (χ2n) is 8.04. The smallest absolute Gasteiger partial charge is 0.258 e. The molecule has 30 heavy (non-hydrogen) atoms. The summed E-state index contributed by atoms with van der Waals surface area (Å²) < 4.78 is 20.0. The van der Waals surface area contributed by atoms with Crippen LogP contribution in [0.4, 0.5) is 10.2 Å². The maximum absolute atomic E-state index is 14.8. The van der Waals surface area contributed by atoms with Gasteiger partial charge in [0.1, 0.15) is 17.7 Å².